The molecule has 19 heavy (non-hydrogen) atoms. The van der Waals surface area contributed by atoms with Crippen molar-refractivity contribution in [2.75, 3.05) is 0 Å². The minimum atomic E-state index is 0.0258. The van der Waals surface area contributed by atoms with Crippen LogP contribution in [0.15, 0.2) is 24.3 Å². The molecule has 104 valence electrons. The van der Waals surface area contributed by atoms with Gasteiger partial charge in [0.15, 0.2) is 0 Å². The first kappa shape index (κ1) is 13.0. The summed E-state index contributed by atoms with van der Waals surface area (Å²) >= 11 is 0. The van der Waals surface area contributed by atoms with Crippen LogP contribution in [-0.4, -0.2) is 5.60 Å². The quantitative estimate of drug-likeness (QED) is 0.864. The largest absolute Gasteiger partial charge is 0.487 e. The van der Waals surface area contributed by atoms with E-state index in [4.69, 9.17) is 10.5 Å². The zero-order valence-corrected chi connectivity index (χ0v) is 11.9. The van der Waals surface area contributed by atoms with E-state index in [0.717, 1.165) is 18.1 Å². The van der Waals surface area contributed by atoms with Crippen LogP contribution < -0.4 is 10.5 Å². The number of para-hydroxylation sites is 1. The lowest BCUT2D eigenvalue weighted by atomic mass is 9.72. The SMILES string of the molecule is CCCC1CCC2(CC1)C[C@H](N)c1ccccc1O2. The smallest absolute Gasteiger partial charge is 0.124 e. The lowest BCUT2D eigenvalue weighted by Crippen LogP contribution is -2.45. The lowest BCUT2D eigenvalue weighted by Gasteiger charge is -2.45. The van der Waals surface area contributed by atoms with Gasteiger partial charge in [-0.05, 0) is 37.7 Å². The first-order valence-electron chi connectivity index (χ1n) is 7.76. The number of rotatable bonds is 2. The van der Waals surface area contributed by atoms with Crippen LogP contribution in [0.4, 0.5) is 0 Å². The van der Waals surface area contributed by atoms with E-state index in [1.54, 1.807) is 0 Å². The monoisotopic (exact) mass is 259 g/mol. The number of benzene rings is 1. The van der Waals surface area contributed by atoms with Crippen LogP contribution >= 0.6 is 0 Å². The number of fused-ring (bicyclic) bond motifs is 1. The molecule has 1 saturated carbocycles. The molecule has 2 aliphatic rings. The Morgan fingerprint density at radius 3 is 2.74 bits per heavy atom. The Hall–Kier alpha value is -1.02. The predicted molar refractivity (Wildman–Crippen MR) is 78.2 cm³/mol. The van der Waals surface area contributed by atoms with E-state index in [2.05, 4.69) is 25.1 Å². The first-order valence-corrected chi connectivity index (χ1v) is 7.76. The number of hydrogen-bond donors (Lipinski definition) is 1. The molecule has 1 aromatic rings. The van der Waals surface area contributed by atoms with Crippen LogP contribution in [0.2, 0.25) is 0 Å². The number of hydrogen-bond acceptors (Lipinski definition) is 2. The van der Waals surface area contributed by atoms with Crippen LogP contribution in [0.5, 0.6) is 5.75 Å². The maximum absolute atomic E-state index is 6.38. The molecule has 0 unspecified atom stereocenters. The number of nitrogens with two attached hydrogens (primary N) is 1. The summed E-state index contributed by atoms with van der Waals surface area (Å²) in [6, 6.07) is 8.43. The van der Waals surface area contributed by atoms with Gasteiger partial charge in [0.2, 0.25) is 0 Å². The molecule has 1 spiro atoms. The van der Waals surface area contributed by atoms with Crippen molar-refractivity contribution in [3.8, 4) is 5.75 Å². The molecular weight excluding hydrogens is 234 g/mol. The van der Waals surface area contributed by atoms with Crippen LogP contribution in [0.1, 0.15) is 63.5 Å². The normalized spacial score (nSPS) is 33.8. The van der Waals surface area contributed by atoms with Gasteiger partial charge in [-0.3, -0.25) is 0 Å². The molecule has 2 N–H and O–H groups in total. The second-order valence-electron chi connectivity index (χ2n) is 6.37. The fourth-order valence-electron chi connectivity index (χ4n) is 3.87. The Labute approximate surface area is 116 Å². The van der Waals surface area contributed by atoms with Crippen LogP contribution in [0, 0.1) is 5.92 Å². The molecule has 2 nitrogen and oxygen atoms in total. The van der Waals surface area contributed by atoms with Gasteiger partial charge in [-0.2, -0.15) is 0 Å². The van der Waals surface area contributed by atoms with Gasteiger partial charge >= 0.3 is 0 Å². The van der Waals surface area contributed by atoms with Crippen molar-refractivity contribution in [1.29, 1.82) is 0 Å². The van der Waals surface area contributed by atoms with E-state index < -0.39 is 0 Å². The van der Waals surface area contributed by atoms with Gasteiger partial charge in [0.25, 0.3) is 0 Å². The topological polar surface area (TPSA) is 35.2 Å². The third-order valence-corrected chi connectivity index (χ3v) is 4.95. The van der Waals surface area contributed by atoms with E-state index >= 15 is 0 Å². The Balaban J connectivity index is 1.74. The van der Waals surface area contributed by atoms with Crippen LogP contribution in [-0.2, 0) is 0 Å². The van der Waals surface area contributed by atoms with E-state index in [9.17, 15) is 0 Å². The average molecular weight is 259 g/mol. The standard InChI is InChI=1S/C17H25NO/c1-2-5-13-8-10-17(11-9-13)12-15(18)14-6-3-4-7-16(14)19-17/h3-4,6-7,13,15H,2,5,8-12,18H2,1H3/t13?,15-,17?/m0/s1. The molecule has 1 heterocycles. The molecule has 0 aromatic heterocycles. The minimum absolute atomic E-state index is 0.0258. The molecule has 0 saturated heterocycles. The van der Waals surface area contributed by atoms with Gasteiger partial charge in [0.1, 0.15) is 11.4 Å². The van der Waals surface area contributed by atoms with Gasteiger partial charge in [0.05, 0.1) is 0 Å². The van der Waals surface area contributed by atoms with Gasteiger partial charge in [-0.1, -0.05) is 38.0 Å². The minimum Gasteiger partial charge on any atom is -0.487 e. The van der Waals surface area contributed by atoms with Crippen LogP contribution in [0.3, 0.4) is 0 Å². The Kier molecular flexibility index (Phi) is 3.53. The molecule has 1 atom stereocenters. The van der Waals surface area contributed by atoms with Gasteiger partial charge in [0, 0.05) is 18.0 Å². The Morgan fingerprint density at radius 2 is 2.00 bits per heavy atom. The summed E-state index contributed by atoms with van der Waals surface area (Å²) in [7, 11) is 0. The molecular formula is C17H25NO. The molecule has 0 radical (unpaired) electrons. The van der Waals surface area contributed by atoms with Crippen molar-refractivity contribution in [3.05, 3.63) is 29.8 Å². The highest BCUT2D eigenvalue weighted by molar-refractivity contribution is 5.38. The zero-order valence-electron chi connectivity index (χ0n) is 11.9. The van der Waals surface area contributed by atoms with Crippen molar-refractivity contribution in [1.82, 2.24) is 0 Å². The van der Waals surface area contributed by atoms with E-state index in [1.807, 2.05) is 6.07 Å². The Morgan fingerprint density at radius 1 is 1.26 bits per heavy atom. The van der Waals surface area contributed by atoms with E-state index in [0.29, 0.717) is 0 Å². The van der Waals surface area contributed by atoms with Crippen molar-refractivity contribution in [3.63, 3.8) is 0 Å². The highest BCUT2D eigenvalue weighted by Gasteiger charge is 2.42. The van der Waals surface area contributed by atoms with Crippen molar-refractivity contribution in [2.45, 2.75) is 63.5 Å². The molecule has 3 rings (SSSR count). The third-order valence-electron chi connectivity index (χ3n) is 4.95. The first-order chi connectivity index (χ1) is 9.22. The van der Waals surface area contributed by atoms with E-state index in [-0.39, 0.29) is 11.6 Å². The van der Waals surface area contributed by atoms with Crippen molar-refractivity contribution < 1.29 is 4.74 Å². The molecule has 0 bridgehead atoms. The van der Waals surface area contributed by atoms with Gasteiger partial charge in [-0.25, -0.2) is 0 Å². The molecule has 1 fully saturated rings. The molecule has 1 aromatic carbocycles. The summed E-state index contributed by atoms with van der Waals surface area (Å²) in [4.78, 5) is 0. The van der Waals surface area contributed by atoms with Gasteiger partial charge < -0.3 is 10.5 Å². The maximum Gasteiger partial charge on any atom is 0.124 e. The highest BCUT2D eigenvalue weighted by atomic mass is 16.5. The molecule has 1 aliphatic carbocycles. The Bertz CT molecular complexity index is 435. The molecule has 2 heteroatoms. The average Bonchev–Trinajstić information content (AvgIpc) is 2.42. The second-order valence-corrected chi connectivity index (χ2v) is 6.37. The summed E-state index contributed by atoms with van der Waals surface area (Å²) in [5, 5.41) is 0. The maximum atomic E-state index is 6.38. The third kappa shape index (κ3) is 2.51. The van der Waals surface area contributed by atoms with Gasteiger partial charge in [-0.15, -0.1) is 0 Å². The summed E-state index contributed by atoms with van der Waals surface area (Å²) < 4.78 is 6.38. The zero-order chi connectivity index (χ0) is 13.3. The molecule has 1 aliphatic heterocycles. The summed E-state index contributed by atoms with van der Waals surface area (Å²) in [6.45, 7) is 2.29. The molecule has 0 amide bonds. The summed E-state index contributed by atoms with van der Waals surface area (Å²) in [5.74, 6) is 1.93. The van der Waals surface area contributed by atoms with Crippen LogP contribution in [0.25, 0.3) is 0 Å². The second kappa shape index (κ2) is 5.16. The number of ether oxygens (including phenoxy) is 1. The highest BCUT2D eigenvalue weighted by Crippen LogP contribution is 2.46. The van der Waals surface area contributed by atoms with E-state index in [1.165, 1.54) is 44.1 Å². The van der Waals surface area contributed by atoms with Crippen molar-refractivity contribution in [2.24, 2.45) is 11.7 Å². The fourth-order valence-corrected chi connectivity index (χ4v) is 3.87. The van der Waals surface area contributed by atoms with Crippen molar-refractivity contribution >= 4 is 0 Å². The predicted octanol–water partition coefficient (Wildman–Crippen LogP) is 4.20. The fraction of sp³-hybridized carbons (Fsp3) is 0.647. The summed E-state index contributed by atoms with van der Waals surface area (Å²) in [6.07, 6.45) is 8.65. The summed E-state index contributed by atoms with van der Waals surface area (Å²) in [5.41, 5.74) is 7.58. The lowest BCUT2D eigenvalue weighted by molar-refractivity contribution is -0.0115.